The third kappa shape index (κ3) is 5.77. The molecule has 0 bridgehead atoms. The van der Waals surface area contributed by atoms with Gasteiger partial charge in [0.15, 0.2) is 0 Å². The van der Waals surface area contributed by atoms with Crippen LogP contribution in [-0.2, 0) is 11.3 Å². The molecule has 0 aliphatic heterocycles. The summed E-state index contributed by atoms with van der Waals surface area (Å²) in [6, 6.07) is 5.65. The molecule has 5 nitrogen and oxygen atoms in total. The Hall–Kier alpha value is -1.30. The third-order valence-corrected chi connectivity index (χ3v) is 2.69. The molecule has 5 heteroatoms. The molecule has 0 aliphatic rings. The van der Waals surface area contributed by atoms with E-state index in [1.54, 1.807) is 7.11 Å². The van der Waals surface area contributed by atoms with Crippen molar-refractivity contribution in [2.24, 2.45) is 0 Å². The number of aliphatic hydroxyl groups is 1. The van der Waals surface area contributed by atoms with Gasteiger partial charge in [0.2, 0.25) is 0 Å². The van der Waals surface area contributed by atoms with Crippen LogP contribution in [-0.4, -0.2) is 44.7 Å². The van der Waals surface area contributed by atoms with Crippen LogP contribution in [0.4, 0.5) is 0 Å². The molecule has 1 atom stereocenters. The van der Waals surface area contributed by atoms with Crippen LogP contribution in [0.15, 0.2) is 18.2 Å². The standard InChI is InChI=1S/C15H25NO4/c1-11(2)19-9-13(17)10-20-15-7-14(18-4)6-5-12(15)8-16-3/h5-7,11,13,16-17H,8-10H2,1-4H3. The van der Waals surface area contributed by atoms with Gasteiger partial charge >= 0.3 is 0 Å². The van der Waals surface area contributed by atoms with Crippen molar-refractivity contribution in [3.05, 3.63) is 23.8 Å². The van der Waals surface area contributed by atoms with Crippen LogP contribution in [0.25, 0.3) is 0 Å². The first kappa shape index (κ1) is 16.8. The molecule has 0 amide bonds. The van der Waals surface area contributed by atoms with Crippen molar-refractivity contribution in [3.63, 3.8) is 0 Å². The van der Waals surface area contributed by atoms with Gasteiger partial charge < -0.3 is 24.6 Å². The monoisotopic (exact) mass is 283 g/mol. The van der Waals surface area contributed by atoms with Crippen molar-refractivity contribution in [2.45, 2.75) is 32.6 Å². The molecule has 1 rings (SSSR count). The van der Waals surface area contributed by atoms with E-state index < -0.39 is 6.10 Å². The Balaban J connectivity index is 2.60. The summed E-state index contributed by atoms with van der Waals surface area (Å²) in [5, 5.41) is 12.9. The van der Waals surface area contributed by atoms with E-state index in [1.165, 1.54) is 0 Å². The quantitative estimate of drug-likeness (QED) is 0.720. The zero-order valence-corrected chi connectivity index (χ0v) is 12.7. The molecule has 114 valence electrons. The van der Waals surface area contributed by atoms with E-state index in [4.69, 9.17) is 14.2 Å². The molecule has 1 aromatic rings. The minimum Gasteiger partial charge on any atom is -0.497 e. The van der Waals surface area contributed by atoms with Gasteiger partial charge in [-0.25, -0.2) is 0 Å². The molecule has 0 saturated heterocycles. The van der Waals surface area contributed by atoms with Crippen molar-refractivity contribution in [3.8, 4) is 11.5 Å². The molecule has 0 saturated carbocycles. The Morgan fingerprint density at radius 3 is 2.60 bits per heavy atom. The number of benzene rings is 1. The Morgan fingerprint density at radius 1 is 1.25 bits per heavy atom. The fourth-order valence-electron chi connectivity index (χ4n) is 1.67. The molecule has 2 N–H and O–H groups in total. The SMILES string of the molecule is CNCc1ccc(OC)cc1OCC(O)COC(C)C. The number of nitrogens with one attached hydrogen (secondary N) is 1. The summed E-state index contributed by atoms with van der Waals surface area (Å²) in [6.07, 6.45) is -0.549. The molecule has 0 aromatic heterocycles. The number of rotatable bonds is 9. The molecule has 0 fully saturated rings. The molecular formula is C15H25NO4. The molecule has 0 heterocycles. The zero-order valence-electron chi connectivity index (χ0n) is 12.7. The fraction of sp³-hybridized carbons (Fsp3) is 0.600. The topological polar surface area (TPSA) is 60.0 Å². The second-order valence-electron chi connectivity index (χ2n) is 4.85. The Morgan fingerprint density at radius 2 is 2.00 bits per heavy atom. The van der Waals surface area contributed by atoms with Crippen LogP contribution >= 0.6 is 0 Å². The van der Waals surface area contributed by atoms with Crippen molar-refractivity contribution in [1.29, 1.82) is 0 Å². The van der Waals surface area contributed by atoms with E-state index in [1.807, 2.05) is 39.1 Å². The lowest BCUT2D eigenvalue weighted by Crippen LogP contribution is -2.25. The van der Waals surface area contributed by atoms with Gasteiger partial charge in [-0.15, -0.1) is 0 Å². The zero-order chi connectivity index (χ0) is 15.0. The first-order valence-electron chi connectivity index (χ1n) is 6.80. The van der Waals surface area contributed by atoms with Crippen molar-refractivity contribution in [1.82, 2.24) is 5.32 Å². The van der Waals surface area contributed by atoms with Gasteiger partial charge in [0, 0.05) is 18.2 Å². The number of aliphatic hydroxyl groups excluding tert-OH is 1. The van der Waals surface area contributed by atoms with E-state index in [-0.39, 0.29) is 19.3 Å². The van der Waals surface area contributed by atoms with Crippen molar-refractivity contribution < 1.29 is 19.3 Å². The van der Waals surface area contributed by atoms with Crippen molar-refractivity contribution in [2.75, 3.05) is 27.4 Å². The van der Waals surface area contributed by atoms with Gasteiger partial charge in [-0.1, -0.05) is 6.07 Å². The van der Waals surface area contributed by atoms with Gasteiger partial charge in [0.25, 0.3) is 0 Å². The number of ether oxygens (including phenoxy) is 3. The summed E-state index contributed by atoms with van der Waals surface area (Å²) < 4.78 is 16.2. The predicted molar refractivity (Wildman–Crippen MR) is 78.3 cm³/mol. The molecule has 0 aliphatic carbocycles. The van der Waals surface area contributed by atoms with Crippen LogP contribution in [0.3, 0.4) is 0 Å². The average molecular weight is 283 g/mol. The van der Waals surface area contributed by atoms with Gasteiger partial charge in [-0.3, -0.25) is 0 Å². The molecule has 0 spiro atoms. The first-order chi connectivity index (χ1) is 9.56. The normalized spacial score (nSPS) is 12.5. The summed E-state index contributed by atoms with van der Waals surface area (Å²) >= 11 is 0. The largest absolute Gasteiger partial charge is 0.497 e. The van der Waals surface area contributed by atoms with Crippen LogP contribution < -0.4 is 14.8 Å². The molecule has 1 unspecified atom stereocenters. The van der Waals surface area contributed by atoms with Crippen LogP contribution in [0.5, 0.6) is 11.5 Å². The summed E-state index contributed by atoms with van der Waals surface area (Å²) in [5.74, 6) is 1.44. The average Bonchev–Trinajstić information content (AvgIpc) is 2.44. The first-order valence-corrected chi connectivity index (χ1v) is 6.80. The Kier molecular flexibility index (Phi) is 7.36. The lowest BCUT2D eigenvalue weighted by molar-refractivity contribution is -0.0124. The molecular weight excluding hydrogens is 258 g/mol. The highest BCUT2D eigenvalue weighted by Gasteiger charge is 2.10. The molecule has 1 aromatic carbocycles. The Labute approximate surface area is 120 Å². The lowest BCUT2D eigenvalue weighted by atomic mass is 10.2. The molecule has 0 radical (unpaired) electrons. The second kappa shape index (κ2) is 8.79. The highest BCUT2D eigenvalue weighted by atomic mass is 16.5. The summed E-state index contributed by atoms with van der Waals surface area (Å²) in [4.78, 5) is 0. The predicted octanol–water partition coefficient (Wildman–Crippen LogP) is 1.58. The number of hydrogen-bond donors (Lipinski definition) is 2. The number of hydrogen-bond acceptors (Lipinski definition) is 5. The smallest absolute Gasteiger partial charge is 0.127 e. The number of methoxy groups -OCH3 is 1. The van der Waals surface area contributed by atoms with E-state index in [0.717, 1.165) is 11.3 Å². The Bertz CT molecular complexity index is 395. The molecule has 20 heavy (non-hydrogen) atoms. The van der Waals surface area contributed by atoms with Crippen LogP contribution in [0.2, 0.25) is 0 Å². The minimum atomic E-state index is -0.647. The van der Waals surface area contributed by atoms with Gasteiger partial charge in [-0.05, 0) is 27.0 Å². The minimum absolute atomic E-state index is 0.0984. The van der Waals surface area contributed by atoms with E-state index in [2.05, 4.69) is 5.32 Å². The summed E-state index contributed by atoms with van der Waals surface area (Å²) in [6.45, 7) is 5.01. The van der Waals surface area contributed by atoms with Crippen LogP contribution in [0, 0.1) is 0 Å². The maximum atomic E-state index is 9.81. The van der Waals surface area contributed by atoms with Crippen LogP contribution in [0.1, 0.15) is 19.4 Å². The van der Waals surface area contributed by atoms with Gasteiger partial charge in [-0.2, -0.15) is 0 Å². The maximum Gasteiger partial charge on any atom is 0.127 e. The highest BCUT2D eigenvalue weighted by Crippen LogP contribution is 2.25. The van der Waals surface area contributed by atoms with E-state index in [9.17, 15) is 5.11 Å². The maximum absolute atomic E-state index is 9.81. The fourth-order valence-corrected chi connectivity index (χ4v) is 1.67. The van der Waals surface area contributed by atoms with E-state index in [0.29, 0.717) is 12.3 Å². The highest BCUT2D eigenvalue weighted by molar-refractivity contribution is 5.40. The summed E-state index contributed by atoms with van der Waals surface area (Å²) in [7, 11) is 3.49. The van der Waals surface area contributed by atoms with Gasteiger partial charge in [0.05, 0.1) is 19.8 Å². The van der Waals surface area contributed by atoms with E-state index >= 15 is 0 Å². The van der Waals surface area contributed by atoms with Gasteiger partial charge in [0.1, 0.15) is 24.2 Å². The second-order valence-corrected chi connectivity index (χ2v) is 4.85. The van der Waals surface area contributed by atoms with Crippen molar-refractivity contribution >= 4 is 0 Å². The lowest BCUT2D eigenvalue weighted by Gasteiger charge is -2.17. The summed E-state index contributed by atoms with van der Waals surface area (Å²) in [5.41, 5.74) is 1.02. The third-order valence-electron chi connectivity index (χ3n) is 2.69.